The predicted octanol–water partition coefficient (Wildman–Crippen LogP) is 5.14. The highest BCUT2D eigenvalue weighted by Gasteiger charge is 2.32. The third kappa shape index (κ3) is 5.04. The lowest BCUT2D eigenvalue weighted by Crippen LogP contribution is -2.29. The Balaban J connectivity index is 1.65. The SMILES string of the molecule is CCOC(=O)CCCN1C(=O)/C(=C\c2ccc(-c3ccc(Cl)cc3)o2)SC1=S. The van der Waals surface area contributed by atoms with E-state index in [1.807, 2.05) is 18.2 Å². The third-order valence-corrected chi connectivity index (χ3v) is 5.60. The Hall–Kier alpha value is -2.09. The van der Waals surface area contributed by atoms with Crippen molar-refractivity contribution in [2.75, 3.05) is 13.2 Å². The van der Waals surface area contributed by atoms with Crippen molar-refractivity contribution in [3.05, 3.63) is 52.1 Å². The number of thiocarbonyl (C=S) groups is 1. The second-order valence-corrected chi connectivity index (χ2v) is 8.06. The minimum Gasteiger partial charge on any atom is -0.466 e. The number of nitrogens with zero attached hydrogens (tertiary/aromatic N) is 1. The Morgan fingerprint density at radius 1 is 1.29 bits per heavy atom. The van der Waals surface area contributed by atoms with Gasteiger partial charge in [-0.2, -0.15) is 0 Å². The first-order valence-electron chi connectivity index (χ1n) is 8.74. The summed E-state index contributed by atoms with van der Waals surface area (Å²) in [5, 5.41) is 0.655. The van der Waals surface area contributed by atoms with Crippen LogP contribution in [0.1, 0.15) is 25.5 Å². The highest BCUT2D eigenvalue weighted by Crippen LogP contribution is 2.34. The minimum absolute atomic E-state index is 0.177. The number of ether oxygens (including phenoxy) is 1. The molecule has 1 aliphatic rings. The molecule has 1 amide bonds. The van der Waals surface area contributed by atoms with E-state index in [0.29, 0.717) is 45.3 Å². The summed E-state index contributed by atoms with van der Waals surface area (Å²) in [5.74, 6) is 0.807. The molecule has 0 N–H and O–H groups in total. The molecule has 5 nitrogen and oxygen atoms in total. The van der Waals surface area contributed by atoms with Crippen molar-refractivity contribution in [1.29, 1.82) is 0 Å². The van der Waals surface area contributed by atoms with Gasteiger partial charge in [0.05, 0.1) is 11.5 Å². The normalized spacial score (nSPS) is 15.5. The average Bonchev–Trinajstić information content (AvgIpc) is 3.23. The molecule has 28 heavy (non-hydrogen) atoms. The molecule has 0 atom stereocenters. The number of rotatable bonds is 7. The van der Waals surface area contributed by atoms with E-state index in [9.17, 15) is 9.59 Å². The Labute approximate surface area is 177 Å². The van der Waals surface area contributed by atoms with Gasteiger partial charge in [-0.1, -0.05) is 35.6 Å². The summed E-state index contributed by atoms with van der Waals surface area (Å²) < 4.78 is 11.2. The summed E-state index contributed by atoms with van der Waals surface area (Å²) in [4.78, 5) is 26.0. The smallest absolute Gasteiger partial charge is 0.305 e. The van der Waals surface area contributed by atoms with Crippen molar-refractivity contribution < 1.29 is 18.7 Å². The molecule has 1 aromatic carbocycles. The maximum absolute atomic E-state index is 12.6. The van der Waals surface area contributed by atoms with Crippen molar-refractivity contribution in [3.63, 3.8) is 0 Å². The van der Waals surface area contributed by atoms with Gasteiger partial charge in [-0.05, 0) is 49.7 Å². The highest BCUT2D eigenvalue weighted by molar-refractivity contribution is 8.26. The van der Waals surface area contributed by atoms with Gasteiger partial charge in [-0.25, -0.2) is 0 Å². The molecular formula is C20H18ClNO4S2. The van der Waals surface area contributed by atoms with Crippen molar-refractivity contribution >= 4 is 57.9 Å². The molecule has 2 aromatic rings. The van der Waals surface area contributed by atoms with Gasteiger partial charge in [-0.3, -0.25) is 14.5 Å². The zero-order valence-corrected chi connectivity index (χ0v) is 17.5. The minimum atomic E-state index is -0.270. The molecule has 1 aliphatic heterocycles. The standard InChI is InChI=1S/C20H18ClNO4S2/c1-2-25-18(23)4-3-11-22-19(24)17(28-20(22)27)12-15-9-10-16(26-15)13-5-7-14(21)8-6-13/h5-10,12H,2-4,11H2,1H3/b17-12+. The molecule has 0 radical (unpaired) electrons. The zero-order valence-electron chi connectivity index (χ0n) is 15.1. The fraction of sp³-hybridized carbons (Fsp3) is 0.250. The lowest BCUT2D eigenvalue weighted by Gasteiger charge is -2.13. The number of furan rings is 1. The molecule has 0 unspecified atom stereocenters. The van der Waals surface area contributed by atoms with Crippen LogP contribution in [0, 0.1) is 0 Å². The summed E-state index contributed by atoms with van der Waals surface area (Å²) in [6, 6.07) is 11.0. The van der Waals surface area contributed by atoms with E-state index in [2.05, 4.69) is 0 Å². The summed E-state index contributed by atoms with van der Waals surface area (Å²) in [5.41, 5.74) is 0.899. The summed E-state index contributed by atoms with van der Waals surface area (Å²) in [6.45, 7) is 2.50. The number of thioether (sulfide) groups is 1. The molecule has 3 rings (SSSR count). The van der Waals surface area contributed by atoms with Crippen LogP contribution in [0.15, 0.2) is 45.7 Å². The molecule has 1 saturated heterocycles. The molecule has 2 heterocycles. The first-order valence-corrected chi connectivity index (χ1v) is 10.3. The fourth-order valence-corrected chi connectivity index (χ4v) is 4.05. The first-order chi connectivity index (χ1) is 13.5. The van der Waals surface area contributed by atoms with E-state index in [0.717, 1.165) is 5.56 Å². The van der Waals surface area contributed by atoms with Crippen molar-refractivity contribution in [2.45, 2.75) is 19.8 Å². The molecule has 1 fully saturated rings. The Kier molecular flexibility index (Phi) is 6.93. The molecule has 8 heteroatoms. The Morgan fingerprint density at radius 3 is 2.75 bits per heavy atom. The number of carbonyl (C=O) groups is 2. The molecule has 146 valence electrons. The van der Waals surface area contributed by atoms with E-state index >= 15 is 0 Å². The largest absolute Gasteiger partial charge is 0.466 e. The number of hydrogen-bond acceptors (Lipinski definition) is 6. The quantitative estimate of drug-likeness (QED) is 0.340. The van der Waals surface area contributed by atoms with E-state index in [1.165, 1.54) is 16.7 Å². The van der Waals surface area contributed by atoms with Crippen molar-refractivity contribution in [1.82, 2.24) is 4.90 Å². The first kappa shape index (κ1) is 20.6. The number of benzene rings is 1. The van der Waals surface area contributed by atoms with Crippen molar-refractivity contribution in [3.8, 4) is 11.3 Å². The summed E-state index contributed by atoms with van der Waals surface area (Å²) in [7, 11) is 0. The predicted molar refractivity (Wildman–Crippen MR) is 115 cm³/mol. The van der Waals surface area contributed by atoms with Gasteiger partial charge in [0, 0.05) is 29.6 Å². The molecule has 1 aromatic heterocycles. The van der Waals surface area contributed by atoms with Gasteiger partial charge in [-0.15, -0.1) is 0 Å². The van der Waals surface area contributed by atoms with E-state index in [1.54, 1.807) is 31.2 Å². The van der Waals surface area contributed by atoms with Crippen LogP contribution in [0.5, 0.6) is 0 Å². The maximum Gasteiger partial charge on any atom is 0.305 e. The summed E-state index contributed by atoms with van der Waals surface area (Å²) in [6.07, 6.45) is 2.44. The van der Waals surface area contributed by atoms with Crippen LogP contribution in [0.4, 0.5) is 0 Å². The molecular weight excluding hydrogens is 418 g/mol. The Morgan fingerprint density at radius 2 is 2.04 bits per heavy atom. The summed E-state index contributed by atoms with van der Waals surface area (Å²) >= 11 is 12.4. The van der Waals surface area contributed by atoms with Crippen LogP contribution in [0.3, 0.4) is 0 Å². The lowest BCUT2D eigenvalue weighted by atomic mass is 10.2. The number of esters is 1. The van der Waals surface area contributed by atoms with Gasteiger partial charge >= 0.3 is 5.97 Å². The third-order valence-electron chi connectivity index (χ3n) is 3.97. The van der Waals surface area contributed by atoms with Crippen LogP contribution < -0.4 is 0 Å². The second kappa shape index (κ2) is 9.41. The van der Waals surface area contributed by atoms with E-state index in [-0.39, 0.29) is 18.3 Å². The molecule has 0 saturated carbocycles. The topological polar surface area (TPSA) is 59.8 Å². The van der Waals surface area contributed by atoms with Gasteiger partial charge in [0.25, 0.3) is 5.91 Å². The number of halogens is 1. The maximum atomic E-state index is 12.6. The fourth-order valence-electron chi connectivity index (χ4n) is 2.64. The number of amides is 1. The highest BCUT2D eigenvalue weighted by atomic mass is 35.5. The van der Waals surface area contributed by atoms with Crippen LogP contribution >= 0.6 is 35.6 Å². The molecule has 0 aliphatic carbocycles. The zero-order chi connectivity index (χ0) is 20.1. The molecule has 0 spiro atoms. The van der Waals surface area contributed by atoms with E-state index in [4.69, 9.17) is 33.0 Å². The van der Waals surface area contributed by atoms with Crippen molar-refractivity contribution in [2.24, 2.45) is 0 Å². The number of hydrogen-bond donors (Lipinski definition) is 0. The van der Waals surface area contributed by atoms with Crippen LogP contribution in [0.2, 0.25) is 5.02 Å². The van der Waals surface area contributed by atoms with Crippen LogP contribution in [-0.2, 0) is 14.3 Å². The van der Waals surface area contributed by atoms with Gasteiger partial charge in [0.1, 0.15) is 15.8 Å². The van der Waals surface area contributed by atoms with Gasteiger partial charge in [0.2, 0.25) is 0 Å². The molecule has 0 bridgehead atoms. The van der Waals surface area contributed by atoms with Gasteiger partial charge in [0.15, 0.2) is 0 Å². The average molecular weight is 436 g/mol. The monoisotopic (exact) mass is 435 g/mol. The van der Waals surface area contributed by atoms with Crippen LogP contribution in [-0.4, -0.2) is 34.2 Å². The number of carbonyl (C=O) groups excluding carboxylic acids is 2. The lowest BCUT2D eigenvalue weighted by molar-refractivity contribution is -0.143. The Bertz CT molecular complexity index is 921. The van der Waals surface area contributed by atoms with E-state index < -0.39 is 0 Å². The van der Waals surface area contributed by atoms with Gasteiger partial charge < -0.3 is 9.15 Å². The second-order valence-electron chi connectivity index (χ2n) is 5.95. The van der Waals surface area contributed by atoms with Crippen LogP contribution in [0.25, 0.3) is 17.4 Å².